The number of aromatic amines is 1. The molecule has 7 heteroatoms. The molecule has 3 N–H and O–H groups in total. The van der Waals surface area contributed by atoms with Gasteiger partial charge >= 0.3 is 0 Å². The maximum absolute atomic E-state index is 4.59. The summed E-state index contributed by atoms with van der Waals surface area (Å²) < 4.78 is 0. The van der Waals surface area contributed by atoms with Crippen LogP contribution in [0.5, 0.6) is 0 Å². The fourth-order valence-electron chi connectivity index (χ4n) is 3.11. The number of H-pyrrole nitrogens is 1. The molecule has 0 saturated heterocycles. The van der Waals surface area contributed by atoms with E-state index in [1.807, 2.05) is 30.5 Å². The van der Waals surface area contributed by atoms with E-state index in [0.717, 1.165) is 40.8 Å². The number of pyridine rings is 1. The molecule has 0 aromatic carbocycles. The molecule has 0 amide bonds. The normalized spacial score (nSPS) is 16.5. The van der Waals surface area contributed by atoms with Gasteiger partial charge in [0.25, 0.3) is 0 Å². The van der Waals surface area contributed by atoms with Gasteiger partial charge in [0.1, 0.15) is 11.7 Å². The number of aromatic nitrogens is 4. The van der Waals surface area contributed by atoms with Gasteiger partial charge in [0, 0.05) is 12.4 Å². The number of anilines is 2. The SMILES string of the molecule is C1=C(C2CC2)CN=C1Nc1ccnc(NCc2ccc3[nH]ccc3n2)n1. The monoisotopic (exact) mass is 345 g/mol. The van der Waals surface area contributed by atoms with Gasteiger partial charge in [-0.05, 0) is 54.7 Å². The number of hydrogen-bond acceptors (Lipinski definition) is 6. The quantitative estimate of drug-likeness (QED) is 0.661. The molecule has 0 atom stereocenters. The first-order valence-electron chi connectivity index (χ1n) is 8.85. The van der Waals surface area contributed by atoms with Crippen LogP contribution in [0.25, 0.3) is 11.0 Å². The van der Waals surface area contributed by atoms with E-state index >= 15 is 0 Å². The van der Waals surface area contributed by atoms with Crippen molar-refractivity contribution in [2.75, 3.05) is 17.2 Å². The van der Waals surface area contributed by atoms with Crippen LogP contribution >= 0.6 is 0 Å². The number of hydrogen-bond donors (Lipinski definition) is 3. The first kappa shape index (κ1) is 15.1. The lowest BCUT2D eigenvalue weighted by Crippen LogP contribution is -2.11. The van der Waals surface area contributed by atoms with E-state index in [1.54, 1.807) is 6.20 Å². The Morgan fingerprint density at radius 1 is 1.12 bits per heavy atom. The standard InChI is InChI=1S/C19H19N7/c1-2-12(1)13-9-18(22-10-13)25-17-6-8-21-19(26-17)23-11-14-3-4-15-16(24-14)5-7-20-15/h3-9,12,20H,1-2,10-11H2,(H2,21,22,23,25,26). The topological polar surface area (TPSA) is 90.9 Å². The third kappa shape index (κ3) is 3.15. The van der Waals surface area contributed by atoms with Gasteiger partial charge in [-0.2, -0.15) is 4.98 Å². The van der Waals surface area contributed by atoms with Crippen molar-refractivity contribution in [2.24, 2.45) is 10.9 Å². The number of nitrogens with one attached hydrogen (secondary N) is 3. The molecule has 3 aromatic heterocycles. The van der Waals surface area contributed by atoms with E-state index in [9.17, 15) is 0 Å². The summed E-state index contributed by atoms with van der Waals surface area (Å²) in [5, 5.41) is 6.51. The summed E-state index contributed by atoms with van der Waals surface area (Å²) in [5.74, 6) is 2.95. The maximum Gasteiger partial charge on any atom is 0.224 e. The number of rotatable bonds is 5. The van der Waals surface area contributed by atoms with Crippen LogP contribution in [0.2, 0.25) is 0 Å². The van der Waals surface area contributed by atoms with Crippen LogP contribution in [0.15, 0.2) is 53.3 Å². The average Bonchev–Trinajstić information content (AvgIpc) is 3.23. The van der Waals surface area contributed by atoms with Crippen LogP contribution in [0.4, 0.5) is 11.8 Å². The van der Waals surface area contributed by atoms with Gasteiger partial charge in [-0.25, -0.2) is 9.97 Å². The Morgan fingerprint density at radius 3 is 3.00 bits per heavy atom. The van der Waals surface area contributed by atoms with Gasteiger partial charge in [-0.3, -0.25) is 4.99 Å². The second kappa shape index (κ2) is 6.25. The van der Waals surface area contributed by atoms with Gasteiger partial charge in [0.15, 0.2) is 0 Å². The lowest BCUT2D eigenvalue weighted by molar-refractivity contribution is 0.959. The Labute approximate surface area is 150 Å². The van der Waals surface area contributed by atoms with Crippen LogP contribution in [-0.4, -0.2) is 32.3 Å². The molecular formula is C19H19N7. The van der Waals surface area contributed by atoms with Crippen molar-refractivity contribution >= 4 is 28.6 Å². The Balaban J connectivity index is 1.24. The second-order valence-corrected chi connectivity index (χ2v) is 6.65. The number of fused-ring (bicyclic) bond motifs is 1. The van der Waals surface area contributed by atoms with Gasteiger partial charge in [0.2, 0.25) is 5.95 Å². The largest absolute Gasteiger partial charge is 0.360 e. The summed E-state index contributed by atoms with van der Waals surface area (Å²) in [4.78, 5) is 21.1. The molecule has 7 nitrogen and oxygen atoms in total. The van der Waals surface area contributed by atoms with Crippen molar-refractivity contribution in [2.45, 2.75) is 19.4 Å². The molecule has 1 aliphatic heterocycles. The number of aliphatic imine (C=N–C) groups is 1. The first-order valence-corrected chi connectivity index (χ1v) is 8.85. The molecule has 0 bridgehead atoms. The highest BCUT2D eigenvalue weighted by atomic mass is 15.2. The van der Waals surface area contributed by atoms with E-state index in [-0.39, 0.29) is 0 Å². The van der Waals surface area contributed by atoms with Gasteiger partial charge in [-0.15, -0.1) is 0 Å². The van der Waals surface area contributed by atoms with Crippen LogP contribution in [0.3, 0.4) is 0 Å². The predicted molar refractivity (Wildman–Crippen MR) is 102 cm³/mol. The summed E-state index contributed by atoms with van der Waals surface area (Å²) >= 11 is 0. The van der Waals surface area contributed by atoms with Crippen LogP contribution < -0.4 is 10.6 Å². The summed E-state index contributed by atoms with van der Waals surface area (Å²) in [7, 11) is 0. The third-order valence-electron chi connectivity index (χ3n) is 4.66. The lowest BCUT2D eigenvalue weighted by atomic mass is 10.2. The maximum atomic E-state index is 4.59. The Hall–Kier alpha value is -3.22. The Bertz CT molecular complexity index is 1010. The van der Waals surface area contributed by atoms with Gasteiger partial charge in [-0.1, -0.05) is 0 Å². The minimum Gasteiger partial charge on any atom is -0.360 e. The van der Waals surface area contributed by atoms with Crippen molar-refractivity contribution < 1.29 is 0 Å². The fraction of sp³-hybridized carbons (Fsp3) is 0.263. The summed E-state index contributed by atoms with van der Waals surface area (Å²) in [5.41, 5.74) is 4.37. The molecule has 0 spiro atoms. The molecule has 3 aromatic rings. The first-order chi connectivity index (χ1) is 12.8. The van der Waals surface area contributed by atoms with Gasteiger partial charge in [0.05, 0.1) is 29.8 Å². The zero-order valence-electron chi connectivity index (χ0n) is 14.2. The molecule has 0 unspecified atom stereocenters. The second-order valence-electron chi connectivity index (χ2n) is 6.65. The molecular weight excluding hydrogens is 326 g/mol. The zero-order chi connectivity index (χ0) is 17.3. The number of nitrogens with zero attached hydrogens (tertiary/aromatic N) is 4. The van der Waals surface area contributed by atoms with E-state index in [0.29, 0.717) is 12.5 Å². The van der Waals surface area contributed by atoms with Crippen molar-refractivity contribution in [1.82, 2.24) is 19.9 Å². The van der Waals surface area contributed by atoms with E-state index in [1.165, 1.54) is 18.4 Å². The molecule has 5 rings (SSSR count). The van der Waals surface area contributed by atoms with Crippen LogP contribution in [0.1, 0.15) is 18.5 Å². The summed E-state index contributed by atoms with van der Waals surface area (Å²) in [6.45, 7) is 1.38. The smallest absolute Gasteiger partial charge is 0.224 e. The molecule has 1 aliphatic carbocycles. The fourth-order valence-corrected chi connectivity index (χ4v) is 3.11. The van der Waals surface area contributed by atoms with Crippen molar-refractivity contribution in [1.29, 1.82) is 0 Å². The van der Waals surface area contributed by atoms with Crippen molar-refractivity contribution in [3.8, 4) is 0 Å². The molecule has 1 saturated carbocycles. The minimum absolute atomic E-state index is 0.566. The Morgan fingerprint density at radius 2 is 2.08 bits per heavy atom. The summed E-state index contributed by atoms with van der Waals surface area (Å²) in [6, 6.07) is 7.83. The minimum atomic E-state index is 0.566. The van der Waals surface area contributed by atoms with E-state index in [4.69, 9.17) is 0 Å². The van der Waals surface area contributed by atoms with E-state index < -0.39 is 0 Å². The highest BCUT2D eigenvalue weighted by Gasteiger charge is 2.27. The lowest BCUT2D eigenvalue weighted by Gasteiger charge is -2.07. The zero-order valence-corrected chi connectivity index (χ0v) is 14.2. The highest BCUT2D eigenvalue weighted by Crippen LogP contribution is 2.37. The van der Waals surface area contributed by atoms with Crippen LogP contribution in [0, 0.1) is 5.92 Å². The molecule has 26 heavy (non-hydrogen) atoms. The molecule has 0 radical (unpaired) electrons. The predicted octanol–water partition coefficient (Wildman–Crippen LogP) is 3.13. The number of amidine groups is 1. The molecule has 4 heterocycles. The Kier molecular flexibility index (Phi) is 3.62. The highest BCUT2D eigenvalue weighted by molar-refractivity contribution is 6.05. The molecule has 1 fully saturated rings. The summed E-state index contributed by atoms with van der Waals surface area (Å²) in [6.07, 6.45) is 8.39. The van der Waals surface area contributed by atoms with Gasteiger partial charge < -0.3 is 15.6 Å². The van der Waals surface area contributed by atoms with E-state index in [2.05, 4.69) is 41.6 Å². The van der Waals surface area contributed by atoms with Crippen LogP contribution in [-0.2, 0) is 6.54 Å². The average molecular weight is 345 g/mol. The molecule has 2 aliphatic rings. The third-order valence-corrected chi connectivity index (χ3v) is 4.66. The van der Waals surface area contributed by atoms with Crippen molar-refractivity contribution in [3.63, 3.8) is 0 Å². The van der Waals surface area contributed by atoms with Crippen molar-refractivity contribution in [3.05, 3.63) is 54.0 Å². The molecule has 130 valence electrons.